The standard InChI is InChI=1S/C21H24N2O4/c24-19(22-11-16-2-1-9-27-16)12-5-7-15(8-6-12)23-20(25)17-13-3-4-14(10-13)18(17)21(23)26/h5-8,13-14,16-18H,1-4,9-11H2,(H,22,24)/t13-,14+,16-,17+,18+/m1/s1. The fourth-order valence-corrected chi connectivity index (χ4v) is 5.54. The number of fused-ring (bicyclic) bond motifs is 5. The molecule has 0 aromatic heterocycles. The highest BCUT2D eigenvalue weighted by atomic mass is 16.5. The van der Waals surface area contributed by atoms with Crippen LogP contribution < -0.4 is 10.2 Å². The lowest BCUT2D eigenvalue weighted by Gasteiger charge is -2.19. The molecule has 2 bridgehead atoms. The van der Waals surface area contributed by atoms with Crippen LogP contribution in [0.25, 0.3) is 0 Å². The molecule has 2 aliphatic heterocycles. The van der Waals surface area contributed by atoms with Crippen molar-refractivity contribution in [3.05, 3.63) is 29.8 Å². The predicted molar refractivity (Wildman–Crippen MR) is 98.1 cm³/mol. The molecule has 142 valence electrons. The van der Waals surface area contributed by atoms with Crippen LogP contribution in [0.15, 0.2) is 24.3 Å². The molecule has 6 heteroatoms. The number of nitrogens with one attached hydrogen (secondary N) is 1. The topological polar surface area (TPSA) is 75.7 Å². The van der Waals surface area contributed by atoms with Gasteiger partial charge in [0.25, 0.3) is 5.91 Å². The van der Waals surface area contributed by atoms with Crippen LogP contribution in [0, 0.1) is 23.7 Å². The Morgan fingerprint density at radius 2 is 1.70 bits per heavy atom. The van der Waals surface area contributed by atoms with Gasteiger partial charge in [-0.05, 0) is 68.2 Å². The number of amides is 3. The molecule has 4 fully saturated rings. The summed E-state index contributed by atoms with van der Waals surface area (Å²) in [5, 5.41) is 2.89. The minimum absolute atomic E-state index is 0.0483. The largest absolute Gasteiger partial charge is 0.376 e. The van der Waals surface area contributed by atoms with Gasteiger partial charge in [0.1, 0.15) is 0 Å². The number of hydrogen-bond acceptors (Lipinski definition) is 4. The van der Waals surface area contributed by atoms with E-state index in [4.69, 9.17) is 4.74 Å². The summed E-state index contributed by atoms with van der Waals surface area (Å²) in [6.07, 6.45) is 5.29. The van der Waals surface area contributed by atoms with Gasteiger partial charge >= 0.3 is 0 Å². The summed E-state index contributed by atoms with van der Waals surface area (Å²) in [6.45, 7) is 1.27. The van der Waals surface area contributed by atoms with E-state index in [9.17, 15) is 14.4 Å². The molecule has 1 aromatic rings. The highest BCUT2D eigenvalue weighted by Crippen LogP contribution is 2.56. The maximum absolute atomic E-state index is 12.9. The van der Waals surface area contributed by atoms with Crippen LogP contribution in [0.1, 0.15) is 42.5 Å². The molecule has 0 radical (unpaired) electrons. The van der Waals surface area contributed by atoms with Gasteiger partial charge in [0.15, 0.2) is 0 Å². The molecular weight excluding hydrogens is 344 g/mol. The van der Waals surface area contributed by atoms with Crippen molar-refractivity contribution in [3.63, 3.8) is 0 Å². The van der Waals surface area contributed by atoms with Gasteiger partial charge in [-0.15, -0.1) is 0 Å². The molecule has 5 rings (SSSR count). The third-order valence-corrected chi connectivity index (χ3v) is 6.83. The summed E-state index contributed by atoms with van der Waals surface area (Å²) in [4.78, 5) is 39.4. The third kappa shape index (κ3) is 2.69. The Morgan fingerprint density at radius 1 is 1.04 bits per heavy atom. The van der Waals surface area contributed by atoms with Gasteiger partial charge in [0.05, 0.1) is 23.6 Å². The van der Waals surface area contributed by atoms with Gasteiger partial charge in [0, 0.05) is 18.7 Å². The zero-order valence-corrected chi connectivity index (χ0v) is 15.2. The number of imide groups is 1. The molecule has 5 atom stereocenters. The maximum atomic E-state index is 12.9. The molecule has 27 heavy (non-hydrogen) atoms. The van der Waals surface area contributed by atoms with Crippen LogP contribution >= 0.6 is 0 Å². The summed E-state index contributed by atoms with van der Waals surface area (Å²) >= 11 is 0. The molecule has 1 N–H and O–H groups in total. The van der Waals surface area contributed by atoms with Crippen molar-refractivity contribution in [2.75, 3.05) is 18.1 Å². The minimum Gasteiger partial charge on any atom is -0.376 e. The summed E-state index contributed by atoms with van der Waals surface area (Å²) in [5.41, 5.74) is 1.10. The molecule has 0 spiro atoms. The number of benzene rings is 1. The van der Waals surface area contributed by atoms with E-state index >= 15 is 0 Å². The van der Waals surface area contributed by atoms with Crippen LogP contribution in [-0.4, -0.2) is 37.0 Å². The molecule has 3 amide bonds. The Kier molecular flexibility index (Phi) is 4.04. The number of carbonyl (C=O) groups is 3. The van der Waals surface area contributed by atoms with Crippen LogP contribution in [0.3, 0.4) is 0 Å². The average Bonchev–Trinajstić information content (AvgIpc) is 3.45. The van der Waals surface area contributed by atoms with E-state index in [1.54, 1.807) is 24.3 Å². The lowest BCUT2D eigenvalue weighted by molar-refractivity contribution is -0.123. The summed E-state index contributed by atoms with van der Waals surface area (Å²) in [5.74, 6) is 0.261. The van der Waals surface area contributed by atoms with E-state index in [1.165, 1.54) is 4.90 Å². The second-order valence-electron chi connectivity index (χ2n) is 8.29. The molecule has 2 saturated carbocycles. The fraction of sp³-hybridized carbons (Fsp3) is 0.571. The second kappa shape index (κ2) is 6.44. The first kappa shape index (κ1) is 16.9. The van der Waals surface area contributed by atoms with E-state index in [-0.39, 0.29) is 35.7 Å². The van der Waals surface area contributed by atoms with Gasteiger partial charge < -0.3 is 10.1 Å². The first-order valence-corrected chi connectivity index (χ1v) is 10.0. The molecule has 1 aromatic carbocycles. The molecule has 2 aliphatic carbocycles. The summed E-state index contributed by atoms with van der Waals surface area (Å²) in [6, 6.07) is 6.78. The predicted octanol–water partition coefficient (Wildman–Crippen LogP) is 2.13. The average molecular weight is 368 g/mol. The Balaban J connectivity index is 1.28. The number of hydrogen-bond donors (Lipinski definition) is 1. The van der Waals surface area contributed by atoms with Gasteiger partial charge in [-0.2, -0.15) is 0 Å². The van der Waals surface area contributed by atoms with Crippen LogP contribution in [0.2, 0.25) is 0 Å². The van der Waals surface area contributed by atoms with Gasteiger partial charge in [-0.3, -0.25) is 19.3 Å². The highest BCUT2D eigenvalue weighted by Gasteiger charge is 2.61. The zero-order chi connectivity index (χ0) is 18.5. The smallest absolute Gasteiger partial charge is 0.251 e. The van der Waals surface area contributed by atoms with Crippen molar-refractivity contribution in [1.29, 1.82) is 0 Å². The number of anilines is 1. The van der Waals surface area contributed by atoms with E-state index in [1.807, 2.05) is 0 Å². The third-order valence-electron chi connectivity index (χ3n) is 6.83. The van der Waals surface area contributed by atoms with Gasteiger partial charge in [-0.25, -0.2) is 0 Å². The monoisotopic (exact) mass is 368 g/mol. The lowest BCUT2D eigenvalue weighted by atomic mass is 9.81. The molecule has 6 nitrogen and oxygen atoms in total. The zero-order valence-electron chi connectivity index (χ0n) is 15.2. The van der Waals surface area contributed by atoms with Crippen molar-refractivity contribution in [2.45, 2.75) is 38.2 Å². The molecule has 2 saturated heterocycles. The highest BCUT2D eigenvalue weighted by molar-refractivity contribution is 6.22. The fourth-order valence-electron chi connectivity index (χ4n) is 5.54. The Hall–Kier alpha value is -2.21. The van der Waals surface area contributed by atoms with E-state index in [0.29, 0.717) is 29.6 Å². The van der Waals surface area contributed by atoms with Gasteiger partial charge in [0.2, 0.25) is 11.8 Å². The summed E-state index contributed by atoms with van der Waals surface area (Å²) < 4.78 is 5.51. The van der Waals surface area contributed by atoms with Crippen molar-refractivity contribution in [2.24, 2.45) is 23.7 Å². The first-order valence-electron chi connectivity index (χ1n) is 10.0. The Bertz CT molecular complexity index is 756. The summed E-state index contributed by atoms with van der Waals surface area (Å²) in [7, 11) is 0. The molecule has 2 heterocycles. The van der Waals surface area contributed by atoms with E-state index in [0.717, 1.165) is 38.7 Å². The van der Waals surface area contributed by atoms with E-state index in [2.05, 4.69) is 5.32 Å². The van der Waals surface area contributed by atoms with Crippen LogP contribution in [-0.2, 0) is 14.3 Å². The number of rotatable bonds is 4. The number of carbonyl (C=O) groups excluding carboxylic acids is 3. The van der Waals surface area contributed by atoms with Crippen molar-refractivity contribution in [3.8, 4) is 0 Å². The normalized spacial score (nSPS) is 34.4. The molecule has 4 aliphatic rings. The molecular formula is C21H24N2O4. The van der Waals surface area contributed by atoms with Crippen molar-refractivity contribution in [1.82, 2.24) is 5.32 Å². The van der Waals surface area contributed by atoms with Gasteiger partial charge in [-0.1, -0.05) is 0 Å². The molecule has 0 unspecified atom stereocenters. The van der Waals surface area contributed by atoms with Crippen molar-refractivity contribution < 1.29 is 19.1 Å². The first-order chi connectivity index (χ1) is 13.1. The maximum Gasteiger partial charge on any atom is 0.251 e. The minimum atomic E-state index is -0.161. The number of nitrogens with zero attached hydrogens (tertiary/aromatic N) is 1. The Morgan fingerprint density at radius 3 is 2.30 bits per heavy atom. The Labute approximate surface area is 158 Å². The lowest BCUT2D eigenvalue weighted by Crippen LogP contribution is -2.33. The van der Waals surface area contributed by atoms with Crippen LogP contribution in [0.5, 0.6) is 0 Å². The van der Waals surface area contributed by atoms with Crippen molar-refractivity contribution >= 4 is 23.4 Å². The quantitative estimate of drug-likeness (QED) is 0.826. The van der Waals surface area contributed by atoms with Crippen LogP contribution in [0.4, 0.5) is 5.69 Å². The number of ether oxygens (including phenoxy) is 1. The SMILES string of the molecule is O=C(NC[C@H]1CCCO1)c1ccc(N2C(=O)[C@H]3[C@@H]4CC[C@@H](C4)[C@@H]3C2=O)cc1. The van der Waals surface area contributed by atoms with E-state index < -0.39 is 0 Å². The second-order valence-corrected chi connectivity index (χ2v) is 8.29.